The van der Waals surface area contributed by atoms with E-state index in [9.17, 15) is 5.11 Å². The molecule has 2 atom stereocenters. The van der Waals surface area contributed by atoms with Gasteiger partial charge in [-0.25, -0.2) is 0 Å². The average molecular weight is 264 g/mol. The van der Waals surface area contributed by atoms with Crippen LogP contribution < -0.4 is 5.73 Å². The zero-order valence-electron chi connectivity index (χ0n) is 10.7. The van der Waals surface area contributed by atoms with Crippen LogP contribution in [0.1, 0.15) is 24.5 Å². The summed E-state index contributed by atoms with van der Waals surface area (Å²) in [5.74, 6) is 0.548. The Bertz CT molecular complexity index is 436. The van der Waals surface area contributed by atoms with Gasteiger partial charge in [-0.2, -0.15) is 0 Å². The first-order valence-electron chi connectivity index (χ1n) is 6.36. The molecule has 2 unspecified atom stereocenters. The smallest absolute Gasteiger partial charge is 0.104 e. The van der Waals surface area contributed by atoms with E-state index in [1.165, 1.54) is 0 Å². The van der Waals surface area contributed by atoms with Gasteiger partial charge in [-0.3, -0.25) is 4.90 Å². The molecule has 0 aromatic heterocycles. The number of nitrogens with two attached hydrogens (primary N) is 1. The summed E-state index contributed by atoms with van der Waals surface area (Å²) >= 11 is 5.08. The van der Waals surface area contributed by atoms with Crippen LogP contribution >= 0.6 is 12.2 Å². The third-order valence-electron chi connectivity index (χ3n) is 3.84. The second-order valence-corrected chi connectivity index (χ2v) is 5.45. The van der Waals surface area contributed by atoms with Crippen LogP contribution in [0, 0.1) is 5.92 Å². The van der Waals surface area contributed by atoms with Gasteiger partial charge in [0, 0.05) is 18.2 Å². The lowest BCUT2D eigenvalue weighted by atomic mass is 10.0. The van der Waals surface area contributed by atoms with E-state index in [-0.39, 0.29) is 12.6 Å². The zero-order valence-corrected chi connectivity index (χ0v) is 11.5. The summed E-state index contributed by atoms with van der Waals surface area (Å²) in [5, 5.41) is 9.47. The predicted molar refractivity (Wildman–Crippen MR) is 77.4 cm³/mol. The van der Waals surface area contributed by atoms with Crippen LogP contribution in [0.25, 0.3) is 0 Å². The first kappa shape index (κ1) is 13.5. The van der Waals surface area contributed by atoms with Crippen LogP contribution in [0.5, 0.6) is 0 Å². The number of thiocarbonyl (C=S) groups is 1. The first-order valence-corrected chi connectivity index (χ1v) is 6.77. The molecule has 1 heterocycles. The Morgan fingerprint density at radius 1 is 1.50 bits per heavy atom. The number of aliphatic hydroxyl groups excluding tert-OH is 1. The molecule has 1 aliphatic rings. The highest BCUT2D eigenvalue weighted by atomic mass is 32.1. The van der Waals surface area contributed by atoms with Crippen molar-refractivity contribution in [2.45, 2.75) is 25.9 Å². The van der Waals surface area contributed by atoms with E-state index in [0.29, 0.717) is 10.9 Å². The molecular formula is C14H20N2OS. The fraction of sp³-hybridized carbons (Fsp3) is 0.500. The number of rotatable bonds is 4. The van der Waals surface area contributed by atoms with Crippen molar-refractivity contribution < 1.29 is 5.11 Å². The van der Waals surface area contributed by atoms with E-state index in [1.54, 1.807) is 0 Å². The zero-order chi connectivity index (χ0) is 13.1. The SMILES string of the molecule is CC1CCN(Cc2ccccc2C(N)=S)C1CO. The number of aliphatic hydroxyl groups is 1. The molecule has 98 valence electrons. The van der Waals surface area contributed by atoms with Crippen LogP contribution in [-0.2, 0) is 6.54 Å². The van der Waals surface area contributed by atoms with Crippen LogP contribution in [-0.4, -0.2) is 34.2 Å². The first-order chi connectivity index (χ1) is 8.63. The second kappa shape index (κ2) is 5.78. The minimum absolute atomic E-state index is 0.219. The van der Waals surface area contributed by atoms with Crippen LogP contribution in [0.15, 0.2) is 24.3 Å². The van der Waals surface area contributed by atoms with Crippen LogP contribution in [0.4, 0.5) is 0 Å². The highest BCUT2D eigenvalue weighted by Crippen LogP contribution is 2.26. The van der Waals surface area contributed by atoms with Gasteiger partial charge in [0.15, 0.2) is 0 Å². The molecule has 2 rings (SSSR count). The van der Waals surface area contributed by atoms with Gasteiger partial charge in [-0.05, 0) is 24.4 Å². The van der Waals surface area contributed by atoms with E-state index in [2.05, 4.69) is 17.9 Å². The number of hydrogen-bond donors (Lipinski definition) is 2. The molecule has 0 aliphatic carbocycles. The molecule has 1 saturated heterocycles. The van der Waals surface area contributed by atoms with Gasteiger partial charge in [0.1, 0.15) is 4.99 Å². The number of nitrogens with zero attached hydrogens (tertiary/aromatic N) is 1. The molecule has 1 aliphatic heterocycles. The fourth-order valence-corrected chi connectivity index (χ4v) is 2.90. The molecule has 3 nitrogen and oxygen atoms in total. The Hall–Kier alpha value is -0.970. The maximum Gasteiger partial charge on any atom is 0.104 e. The molecule has 0 radical (unpaired) electrons. The summed E-state index contributed by atoms with van der Waals surface area (Å²) in [4.78, 5) is 2.76. The van der Waals surface area contributed by atoms with E-state index >= 15 is 0 Å². The molecule has 3 N–H and O–H groups in total. The summed E-state index contributed by atoms with van der Waals surface area (Å²) in [7, 11) is 0. The third-order valence-corrected chi connectivity index (χ3v) is 4.06. The van der Waals surface area contributed by atoms with Crippen LogP contribution in [0.3, 0.4) is 0 Å². The van der Waals surface area contributed by atoms with Gasteiger partial charge < -0.3 is 10.8 Å². The second-order valence-electron chi connectivity index (χ2n) is 5.01. The third kappa shape index (κ3) is 2.71. The van der Waals surface area contributed by atoms with Crippen molar-refractivity contribution in [2.75, 3.05) is 13.2 Å². The molecule has 0 bridgehead atoms. The predicted octanol–water partition coefficient (Wildman–Crippen LogP) is 1.52. The summed E-state index contributed by atoms with van der Waals surface area (Å²) in [6, 6.07) is 8.24. The summed E-state index contributed by atoms with van der Waals surface area (Å²) in [6.07, 6.45) is 1.14. The van der Waals surface area contributed by atoms with E-state index < -0.39 is 0 Å². The molecule has 1 aromatic carbocycles. The lowest BCUT2D eigenvalue weighted by molar-refractivity contribution is 0.134. The fourth-order valence-electron chi connectivity index (χ4n) is 2.70. The van der Waals surface area contributed by atoms with Crippen LogP contribution in [0.2, 0.25) is 0 Å². The number of likely N-dealkylation sites (tertiary alicyclic amines) is 1. The number of benzene rings is 1. The molecule has 0 saturated carbocycles. The van der Waals surface area contributed by atoms with Crippen molar-refractivity contribution in [3.8, 4) is 0 Å². The van der Waals surface area contributed by atoms with Gasteiger partial charge in [0.25, 0.3) is 0 Å². The average Bonchev–Trinajstić information content (AvgIpc) is 2.70. The maximum absolute atomic E-state index is 9.47. The molecule has 1 fully saturated rings. The standard InChI is InChI=1S/C14H20N2OS/c1-10-6-7-16(13(10)9-17)8-11-4-2-3-5-12(11)14(15)18/h2-5,10,13,17H,6-9H2,1H3,(H2,15,18). The monoisotopic (exact) mass is 264 g/mol. The minimum Gasteiger partial charge on any atom is -0.395 e. The Morgan fingerprint density at radius 3 is 2.89 bits per heavy atom. The lowest BCUT2D eigenvalue weighted by Gasteiger charge is -2.25. The molecule has 0 spiro atoms. The van der Waals surface area contributed by atoms with Crippen molar-refractivity contribution in [2.24, 2.45) is 11.7 Å². The van der Waals surface area contributed by atoms with Crippen molar-refractivity contribution in [3.05, 3.63) is 35.4 Å². The Balaban J connectivity index is 2.17. The molecule has 18 heavy (non-hydrogen) atoms. The van der Waals surface area contributed by atoms with Crippen molar-refractivity contribution >= 4 is 17.2 Å². The van der Waals surface area contributed by atoms with Gasteiger partial charge >= 0.3 is 0 Å². The van der Waals surface area contributed by atoms with Gasteiger partial charge in [0.05, 0.1) is 6.61 Å². The highest BCUT2D eigenvalue weighted by Gasteiger charge is 2.30. The van der Waals surface area contributed by atoms with E-state index in [4.69, 9.17) is 18.0 Å². The summed E-state index contributed by atoms with van der Waals surface area (Å²) in [6.45, 7) is 4.25. The maximum atomic E-state index is 9.47. The summed E-state index contributed by atoms with van der Waals surface area (Å²) < 4.78 is 0. The quantitative estimate of drug-likeness (QED) is 0.810. The Morgan fingerprint density at radius 2 is 2.22 bits per heavy atom. The Kier molecular flexibility index (Phi) is 4.32. The topological polar surface area (TPSA) is 49.5 Å². The largest absolute Gasteiger partial charge is 0.395 e. The van der Waals surface area contributed by atoms with Crippen molar-refractivity contribution in [1.82, 2.24) is 4.90 Å². The summed E-state index contributed by atoms with van der Waals surface area (Å²) in [5.41, 5.74) is 7.85. The lowest BCUT2D eigenvalue weighted by Crippen LogP contribution is -2.35. The number of hydrogen-bond acceptors (Lipinski definition) is 3. The molecular weight excluding hydrogens is 244 g/mol. The molecule has 0 amide bonds. The Labute approximate surface area is 114 Å². The van der Waals surface area contributed by atoms with Crippen molar-refractivity contribution in [1.29, 1.82) is 0 Å². The molecule has 4 heteroatoms. The van der Waals surface area contributed by atoms with Crippen molar-refractivity contribution in [3.63, 3.8) is 0 Å². The van der Waals surface area contributed by atoms with E-state index in [0.717, 1.165) is 30.6 Å². The van der Waals surface area contributed by atoms with E-state index in [1.807, 2.05) is 18.2 Å². The van der Waals surface area contributed by atoms with Gasteiger partial charge in [-0.1, -0.05) is 43.4 Å². The minimum atomic E-state index is 0.219. The molecule has 1 aromatic rings. The van der Waals surface area contributed by atoms with Gasteiger partial charge in [0.2, 0.25) is 0 Å². The van der Waals surface area contributed by atoms with Gasteiger partial charge in [-0.15, -0.1) is 0 Å². The normalized spacial score (nSPS) is 24.3. The highest BCUT2D eigenvalue weighted by molar-refractivity contribution is 7.80.